The van der Waals surface area contributed by atoms with Crippen LogP contribution in [0.2, 0.25) is 0 Å². The molecule has 3 heterocycles. The lowest BCUT2D eigenvalue weighted by molar-refractivity contribution is -0.148. The van der Waals surface area contributed by atoms with Crippen LogP contribution >= 0.6 is 11.3 Å². The maximum Gasteiger partial charge on any atom is 0.380 e. The van der Waals surface area contributed by atoms with Crippen molar-refractivity contribution in [3.8, 4) is 5.69 Å². The van der Waals surface area contributed by atoms with Crippen LogP contribution in [0.4, 0.5) is 0 Å². The van der Waals surface area contributed by atoms with E-state index in [1.54, 1.807) is 34.8 Å². The quantitative estimate of drug-likeness (QED) is 0.334. The number of hydrogen-bond acceptors (Lipinski definition) is 6. The molecule has 1 saturated heterocycles. The lowest BCUT2D eigenvalue weighted by atomic mass is 10.1. The predicted molar refractivity (Wildman–Crippen MR) is 116 cm³/mol. The fourth-order valence-corrected chi connectivity index (χ4v) is 4.89. The smallest absolute Gasteiger partial charge is 0.380 e. The summed E-state index contributed by atoms with van der Waals surface area (Å²) < 4.78 is 6.73. The van der Waals surface area contributed by atoms with Gasteiger partial charge in [-0.25, -0.2) is 9.48 Å². The first-order chi connectivity index (χ1) is 15.0. The Balaban J connectivity index is 1.43. The molecule has 0 aliphatic carbocycles. The summed E-state index contributed by atoms with van der Waals surface area (Å²) in [5.41, 5.74) is 1.99. The molecule has 2 aromatic heterocycles. The Kier molecular flexibility index (Phi) is 5.99. The molecular weight excluding hydrogens is 414 g/mol. The van der Waals surface area contributed by atoms with Crippen LogP contribution in [-0.2, 0) is 14.3 Å². The van der Waals surface area contributed by atoms with Gasteiger partial charge in [0.05, 0.1) is 28.7 Å². The van der Waals surface area contributed by atoms with E-state index in [0.29, 0.717) is 17.9 Å². The number of likely N-dealkylation sites (tertiary alicyclic amines) is 1. The van der Waals surface area contributed by atoms with Gasteiger partial charge in [-0.2, -0.15) is 5.10 Å². The van der Waals surface area contributed by atoms with Crippen molar-refractivity contribution in [1.29, 1.82) is 0 Å². The van der Waals surface area contributed by atoms with E-state index in [1.165, 1.54) is 0 Å². The number of thiophene rings is 1. The largest absolute Gasteiger partial charge is 0.450 e. The molecule has 7 nitrogen and oxygen atoms in total. The Hall–Kier alpha value is -3.26. The number of esters is 1. The number of carbonyl (C=O) groups excluding carboxylic acids is 3. The molecule has 8 heteroatoms. The third-order valence-electron chi connectivity index (χ3n) is 5.48. The van der Waals surface area contributed by atoms with Crippen molar-refractivity contribution in [2.24, 2.45) is 0 Å². The second-order valence-electron chi connectivity index (χ2n) is 7.46. The van der Waals surface area contributed by atoms with Crippen molar-refractivity contribution in [3.63, 3.8) is 0 Å². The van der Waals surface area contributed by atoms with Crippen LogP contribution in [0.5, 0.6) is 0 Å². The van der Waals surface area contributed by atoms with Gasteiger partial charge >= 0.3 is 5.97 Å². The van der Waals surface area contributed by atoms with E-state index in [4.69, 9.17) is 4.74 Å². The Labute approximate surface area is 184 Å². The van der Waals surface area contributed by atoms with Gasteiger partial charge in [-0.15, -0.1) is 11.3 Å². The third-order valence-corrected chi connectivity index (χ3v) is 6.45. The molecule has 1 unspecified atom stereocenters. The van der Waals surface area contributed by atoms with E-state index in [-0.39, 0.29) is 17.5 Å². The number of hydrogen-bond donors (Lipinski definition) is 0. The van der Waals surface area contributed by atoms with E-state index < -0.39 is 18.4 Å². The molecule has 0 saturated carbocycles. The fraction of sp³-hybridized carbons (Fsp3) is 0.304. The van der Waals surface area contributed by atoms with E-state index in [9.17, 15) is 14.4 Å². The monoisotopic (exact) mass is 437 g/mol. The first-order valence-corrected chi connectivity index (χ1v) is 11.0. The minimum absolute atomic E-state index is 0.00972. The normalized spacial score (nSPS) is 15.8. The highest BCUT2D eigenvalue weighted by Gasteiger charge is 2.32. The zero-order chi connectivity index (χ0) is 22.0. The highest BCUT2D eigenvalue weighted by molar-refractivity contribution is 7.10. The molecule has 0 N–H and O–H groups in total. The van der Waals surface area contributed by atoms with E-state index in [2.05, 4.69) is 5.10 Å². The molecule has 1 aromatic carbocycles. The molecule has 4 rings (SSSR count). The molecule has 160 valence electrons. The molecule has 1 aliphatic rings. The average Bonchev–Trinajstić information content (AvgIpc) is 3.52. The van der Waals surface area contributed by atoms with Gasteiger partial charge in [-0.3, -0.25) is 9.59 Å². The Morgan fingerprint density at radius 2 is 1.90 bits per heavy atom. The number of carbonyl (C=O) groups is 3. The van der Waals surface area contributed by atoms with Crippen LogP contribution in [0.3, 0.4) is 0 Å². The molecule has 3 aromatic rings. The van der Waals surface area contributed by atoms with Gasteiger partial charge in [0.1, 0.15) is 0 Å². The van der Waals surface area contributed by atoms with Crippen molar-refractivity contribution in [2.45, 2.75) is 32.7 Å². The maximum absolute atomic E-state index is 12.8. The SMILES string of the molecule is Cc1nn(-c2ccccc2)c(C)c1C(=O)C(=O)OCC(=O)N1CCCC1c1cccs1. The van der Waals surface area contributed by atoms with E-state index in [0.717, 1.165) is 23.4 Å². The number of aromatic nitrogens is 2. The van der Waals surface area contributed by atoms with E-state index in [1.807, 2.05) is 47.8 Å². The van der Waals surface area contributed by atoms with Crippen molar-refractivity contribution < 1.29 is 19.1 Å². The summed E-state index contributed by atoms with van der Waals surface area (Å²) in [6.45, 7) is 3.58. The van der Waals surface area contributed by atoms with Crippen LogP contribution in [0.25, 0.3) is 5.69 Å². The first kappa shape index (κ1) is 21.0. The summed E-state index contributed by atoms with van der Waals surface area (Å²) in [7, 11) is 0. The van der Waals surface area contributed by atoms with Gasteiger partial charge in [0.15, 0.2) is 6.61 Å². The summed E-state index contributed by atoms with van der Waals surface area (Å²) in [6, 6.07) is 13.3. The van der Waals surface area contributed by atoms with Crippen molar-refractivity contribution in [3.05, 3.63) is 69.7 Å². The standard InChI is InChI=1S/C23H23N3O4S/c1-15-21(16(2)26(24-15)17-8-4-3-5-9-17)22(28)23(29)30-14-20(27)25-12-6-10-18(25)19-11-7-13-31-19/h3-5,7-9,11,13,18H,6,10,12,14H2,1-2H3. The Morgan fingerprint density at radius 1 is 1.13 bits per heavy atom. The van der Waals surface area contributed by atoms with Crippen LogP contribution in [0.15, 0.2) is 47.8 Å². The van der Waals surface area contributed by atoms with E-state index >= 15 is 0 Å². The van der Waals surface area contributed by atoms with Gasteiger partial charge < -0.3 is 9.64 Å². The average molecular weight is 438 g/mol. The molecule has 1 amide bonds. The number of benzene rings is 1. The minimum atomic E-state index is -1.04. The summed E-state index contributed by atoms with van der Waals surface area (Å²) in [4.78, 5) is 40.7. The lowest BCUT2D eigenvalue weighted by Gasteiger charge is -2.23. The second-order valence-corrected chi connectivity index (χ2v) is 8.44. The maximum atomic E-state index is 12.8. The summed E-state index contributed by atoms with van der Waals surface area (Å²) >= 11 is 1.61. The molecular formula is C23H23N3O4S. The van der Waals surface area contributed by atoms with Crippen LogP contribution in [-0.4, -0.2) is 45.5 Å². The number of nitrogens with zero attached hydrogens (tertiary/aromatic N) is 3. The number of amides is 1. The molecule has 31 heavy (non-hydrogen) atoms. The third kappa shape index (κ3) is 4.16. The summed E-state index contributed by atoms with van der Waals surface area (Å²) in [5, 5.41) is 6.38. The zero-order valence-electron chi connectivity index (χ0n) is 17.4. The van der Waals surface area contributed by atoms with Gasteiger partial charge in [-0.1, -0.05) is 24.3 Å². The minimum Gasteiger partial charge on any atom is -0.450 e. The molecule has 1 atom stereocenters. The molecule has 1 fully saturated rings. The number of rotatable bonds is 6. The molecule has 0 spiro atoms. The molecule has 0 radical (unpaired) electrons. The molecule has 0 bridgehead atoms. The Morgan fingerprint density at radius 3 is 2.61 bits per heavy atom. The number of ketones is 1. The lowest BCUT2D eigenvalue weighted by Crippen LogP contribution is -2.35. The van der Waals surface area contributed by atoms with Crippen LogP contribution < -0.4 is 0 Å². The topological polar surface area (TPSA) is 81.5 Å². The highest BCUT2D eigenvalue weighted by atomic mass is 32.1. The van der Waals surface area contributed by atoms with Crippen molar-refractivity contribution >= 4 is 29.0 Å². The van der Waals surface area contributed by atoms with Gasteiger partial charge in [0, 0.05) is 11.4 Å². The van der Waals surface area contributed by atoms with Crippen LogP contribution in [0, 0.1) is 13.8 Å². The predicted octanol–water partition coefficient (Wildman–Crippen LogP) is 3.64. The second kappa shape index (κ2) is 8.85. The van der Waals surface area contributed by atoms with Crippen molar-refractivity contribution in [2.75, 3.05) is 13.2 Å². The van der Waals surface area contributed by atoms with Gasteiger partial charge in [0.2, 0.25) is 0 Å². The number of aryl methyl sites for hydroxylation is 1. The highest BCUT2D eigenvalue weighted by Crippen LogP contribution is 2.34. The number of ether oxygens (including phenoxy) is 1. The molecule has 1 aliphatic heterocycles. The van der Waals surface area contributed by atoms with Crippen LogP contribution in [0.1, 0.15) is 45.5 Å². The number of para-hydroxylation sites is 1. The van der Waals surface area contributed by atoms with Gasteiger partial charge in [-0.05, 0) is 50.3 Å². The van der Waals surface area contributed by atoms with Gasteiger partial charge in [0.25, 0.3) is 11.7 Å². The fourth-order valence-electron chi connectivity index (χ4n) is 4.01. The number of Topliss-reactive ketones (excluding diaryl/α,β-unsaturated/α-hetero) is 1. The Bertz CT molecular complexity index is 1110. The summed E-state index contributed by atoms with van der Waals surface area (Å²) in [5.74, 6) is -2.12. The summed E-state index contributed by atoms with van der Waals surface area (Å²) in [6.07, 6.45) is 1.79. The first-order valence-electron chi connectivity index (χ1n) is 10.1. The van der Waals surface area contributed by atoms with Crippen molar-refractivity contribution in [1.82, 2.24) is 14.7 Å². The zero-order valence-corrected chi connectivity index (χ0v) is 18.2.